The lowest BCUT2D eigenvalue weighted by Crippen LogP contribution is -2.09. The Bertz CT molecular complexity index is 471. The van der Waals surface area contributed by atoms with Crippen molar-refractivity contribution >= 4 is 0 Å². The fourth-order valence-electron chi connectivity index (χ4n) is 1.66. The Morgan fingerprint density at radius 2 is 1.74 bits per heavy atom. The summed E-state index contributed by atoms with van der Waals surface area (Å²) >= 11 is 0. The molecule has 19 heavy (non-hydrogen) atoms. The van der Waals surface area contributed by atoms with Crippen molar-refractivity contribution in [3.8, 4) is 11.5 Å². The van der Waals surface area contributed by atoms with Gasteiger partial charge in [0, 0.05) is 12.7 Å². The lowest BCUT2D eigenvalue weighted by atomic mass is 10.2. The number of benzene rings is 1. The van der Waals surface area contributed by atoms with Crippen LogP contribution in [0.1, 0.15) is 5.56 Å². The van der Waals surface area contributed by atoms with Gasteiger partial charge in [-0.2, -0.15) is 0 Å². The maximum atomic E-state index is 5.60. The summed E-state index contributed by atoms with van der Waals surface area (Å²) in [4.78, 5) is 3.98. The van der Waals surface area contributed by atoms with E-state index in [0.29, 0.717) is 13.2 Å². The number of nitrogens with one attached hydrogen (secondary N) is 1. The first-order valence-electron chi connectivity index (χ1n) is 6.27. The zero-order chi connectivity index (χ0) is 13.3. The first kappa shape index (κ1) is 13.4. The molecule has 0 bridgehead atoms. The molecule has 1 N–H and O–H groups in total. The molecule has 0 unspecified atom stereocenters. The normalized spacial score (nSPS) is 10.2. The molecule has 0 atom stereocenters. The Labute approximate surface area is 113 Å². The summed E-state index contributed by atoms with van der Waals surface area (Å²) in [5.41, 5.74) is 1.24. The second-order valence-corrected chi connectivity index (χ2v) is 4.06. The van der Waals surface area contributed by atoms with Crippen LogP contribution in [0.3, 0.4) is 0 Å². The van der Waals surface area contributed by atoms with Crippen LogP contribution in [0.4, 0.5) is 0 Å². The van der Waals surface area contributed by atoms with Crippen LogP contribution in [0.25, 0.3) is 0 Å². The molecule has 0 radical (unpaired) electrons. The molecule has 0 aliphatic heterocycles. The maximum absolute atomic E-state index is 5.60. The Kier molecular flexibility index (Phi) is 5.19. The summed E-state index contributed by atoms with van der Waals surface area (Å²) in [5.74, 6) is 1.62. The van der Waals surface area contributed by atoms with Crippen molar-refractivity contribution in [1.82, 2.24) is 10.3 Å². The minimum atomic E-state index is 0.504. The second-order valence-electron chi connectivity index (χ2n) is 4.06. The van der Waals surface area contributed by atoms with Gasteiger partial charge in [0.25, 0.3) is 0 Å². The van der Waals surface area contributed by atoms with Crippen LogP contribution in [0.5, 0.6) is 11.5 Å². The van der Waals surface area contributed by atoms with Crippen LogP contribution in [0.15, 0.2) is 48.8 Å². The third-order valence-corrected chi connectivity index (χ3v) is 2.56. The predicted molar refractivity (Wildman–Crippen MR) is 74.4 cm³/mol. The van der Waals surface area contributed by atoms with E-state index in [4.69, 9.17) is 9.47 Å². The quantitative estimate of drug-likeness (QED) is 0.774. The number of rotatable bonds is 7. The fourth-order valence-corrected chi connectivity index (χ4v) is 1.66. The number of hydrogen-bond donors (Lipinski definition) is 1. The van der Waals surface area contributed by atoms with E-state index in [1.165, 1.54) is 5.56 Å². The summed E-state index contributed by atoms with van der Waals surface area (Å²) in [6, 6.07) is 11.8. The highest BCUT2D eigenvalue weighted by Gasteiger charge is 1.96. The molecule has 1 aromatic heterocycles. The Balaban J connectivity index is 1.70. The van der Waals surface area contributed by atoms with Gasteiger partial charge in [-0.25, -0.2) is 0 Å². The van der Waals surface area contributed by atoms with Crippen molar-refractivity contribution in [3.05, 3.63) is 54.4 Å². The predicted octanol–water partition coefficient (Wildman–Crippen LogP) is 2.26. The molecule has 0 aliphatic rings. The SMILES string of the molecule is CNCc1ccc(OCCOc2cccnc2)cc1. The Morgan fingerprint density at radius 3 is 2.37 bits per heavy atom. The molecule has 4 heteroatoms. The van der Waals surface area contributed by atoms with Gasteiger partial charge in [0.1, 0.15) is 24.7 Å². The summed E-state index contributed by atoms with van der Waals surface area (Å²) in [7, 11) is 1.93. The molecule has 0 aliphatic carbocycles. The van der Waals surface area contributed by atoms with E-state index in [9.17, 15) is 0 Å². The molecule has 0 saturated carbocycles. The van der Waals surface area contributed by atoms with E-state index >= 15 is 0 Å². The molecule has 0 fully saturated rings. The van der Waals surface area contributed by atoms with Crippen molar-refractivity contribution in [1.29, 1.82) is 0 Å². The number of nitrogens with zero attached hydrogens (tertiary/aromatic N) is 1. The van der Waals surface area contributed by atoms with Gasteiger partial charge in [-0.3, -0.25) is 4.98 Å². The van der Waals surface area contributed by atoms with Crippen LogP contribution in [-0.4, -0.2) is 25.2 Å². The fraction of sp³-hybridized carbons (Fsp3) is 0.267. The molecule has 0 saturated heterocycles. The van der Waals surface area contributed by atoms with Gasteiger partial charge >= 0.3 is 0 Å². The minimum Gasteiger partial charge on any atom is -0.490 e. The lowest BCUT2D eigenvalue weighted by Gasteiger charge is -2.08. The van der Waals surface area contributed by atoms with Crippen LogP contribution in [0, 0.1) is 0 Å². The van der Waals surface area contributed by atoms with Gasteiger partial charge < -0.3 is 14.8 Å². The van der Waals surface area contributed by atoms with E-state index in [1.54, 1.807) is 12.4 Å². The lowest BCUT2D eigenvalue weighted by molar-refractivity contribution is 0.216. The van der Waals surface area contributed by atoms with Crippen LogP contribution in [-0.2, 0) is 6.54 Å². The van der Waals surface area contributed by atoms with Gasteiger partial charge in [0.15, 0.2) is 0 Å². The first-order valence-corrected chi connectivity index (χ1v) is 6.27. The van der Waals surface area contributed by atoms with E-state index in [-0.39, 0.29) is 0 Å². The van der Waals surface area contributed by atoms with Gasteiger partial charge in [0.05, 0.1) is 6.20 Å². The molecule has 1 aromatic carbocycles. The average Bonchev–Trinajstić information content (AvgIpc) is 2.47. The zero-order valence-corrected chi connectivity index (χ0v) is 11.0. The number of ether oxygens (including phenoxy) is 2. The smallest absolute Gasteiger partial charge is 0.137 e. The number of aromatic nitrogens is 1. The summed E-state index contributed by atoms with van der Waals surface area (Å²) in [6.07, 6.45) is 3.41. The first-order chi connectivity index (χ1) is 9.38. The largest absolute Gasteiger partial charge is 0.490 e. The number of hydrogen-bond acceptors (Lipinski definition) is 4. The monoisotopic (exact) mass is 258 g/mol. The molecule has 100 valence electrons. The van der Waals surface area contributed by atoms with Crippen LogP contribution < -0.4 is 14.8 Å². The summed E-state index contributed by atoms with van der Waals surface area (Å²) < 4.78 is 11.1. The van der Waals surface area contributed by atoms with Crippen molar-refractivity contribution < 1.29 is 9.47 Å². The standard InChI is InChI=1S/C15H18N2O2/c1-16-11-13-4-6-14(7-5-13)18-9-10-19-15-3-2-8-17-12-15/h2-8,12,16H,9-11H2,1H3. The molecule has 4 nitrogen and oxygen atoms in total. The highest BCUT2D eigenvalue weighted by atomic mass is 16.5. The second kappa shape index (κ2) is 7.38. The van der Waals surface area contributed by atoms with E-state index < -0.39 is 0 Å². The molecule has 0 spiro atoms. The van der Waals surface area contributed by atoms with Gasteiger partial charge in [-0.05, 0) is 36.9 Å². The van der Waals surface area contributed by atoms with E-state index in [0.717, 1.165) is 18.0 Å². The summed E-state index contributed by atoms with van der Waals surface area (Å²) in [5, 5.41) is 3.11. The number of pyridine rings is 1. The Morgan fingerprint density at radius 1 is 1.00 bits per heavy atom. The average molecular weight is 258 g/mol. The topological polar surface area (TPSA) is 43.4 Å². The Hall–Kier alpha value is -2.07. The minimum absolute atomic E-state index is 0.504. The highest BCUT2D eigenvalue weighted by Crippen LogP contribution is 2.12. The molecular formula is C15H18N2O2. The molecule has 1 heterocycles. The zero-order valence-electron chi connectivity index (χ0n) is 11.0. The molecule has 0 amide bonds. The van der Waals surface area contributed by atoms with Crippen molar-refractivity contribution in [2.45, 2.75) is 6.54 Å². The van der Waals surface area contributed by atoms with Crippen LogP contribution in [0.2, 0.25) is 0 Å². The molecule has 2 aromatic rings. The van der Waals surface area contributed by atoms with Crippen molar-refractivity contribution in [2.24, 2.45) is 0 Å². The van der Waals surface area contributed by atoms with E-state index in [2.05, 4.69) is 10.3 Å². The third-order valence-electron chi connectivity index (χ3n) is 2.56. The third kappa shape index (κ3) is 4.60. The van der Waals surface area contributed by atoms with Gasteiger partial charge in [-0.15, -0.1) is 0 Å². The highest BCUT2D eigenvalue weighted by molar-refractivity contribution is 5.27. The molecular weight excluding hydrogens is 240 g/mol. The van der Waals surface area contributed by atoms with Crippen molar-refractivity contribution in [2.75, 3.05) is 20.3 Å². The molecule has 2 rings (SSSR count). The summed E-state index contributed by atoms with van der Waals surface area (Å²) in [6.45, 7) is 1.88. The van der Waals surface area contributed by atoms with Gasteiger partial charge in [-0.1, -0.05) is 12.1 Å². The maximum Gasteiger partial charge on any atom is 0.137 e. The van der Waals surface area contributed by atoms with Crippen molar-refractivity contribution in [3.63, 3.8) is 0 Å². The van der Waals surface area contributed by atoms with E-state index in [1.807, 2.05) is 43.4 Å². The van der Waals surface area contributed by atoms with Gasteiger partial charge in [0.2, 0.25) is 0 Å². The van der Waals surface area contributed by atoms with Crippen LogP contribution >= 0.6 is 0 Å².